The summed E-state index contributed by atoms with van der Waals surface area (Å²) >= 11 is 0. The number of piperidine rings is 2. The zero-order valence-corrected chi connectivity index (χ0v) is 15.4. The first kappa shape index (κ1) is 17.1. The summed E-state index contributed by atoms with van der Waals surface area (Å²) in [5.41, 5.74) is 3.83. The Morgan fingerprint density at radius 3 is 2.96 bits per heavy atom. The van der Waals surface area contributed by atoms with Crippen molar-refractivity contribution in [3.63, 3.8) is 0 Å². The van der Waals surface area contributed by atoms with E-state index in [1.807, 2.05) is 18.6 Å². The van der Waals surface area contributed by atoms with E-state index >= 15 is 0 Å². The van der Waals surface area contributed by atoms with Crippen molar-refractivity contribution in [1.82, 2.24) is 19.9 Å². The van der Waals surface area contributed by atoms with E-state index in [0.717, 1.165) is 44.7 Å². The summed E-state index contributed by atoms with van der Waals surface area (Å²) in [4.78, 5) is 28.5. The second-order valence-electron chi connectivity index (χ2n) is 7.83. The lowest BCUT2D eigenvalue weighted by Gasteiger charge is -2.49. The average Bonchev–Trinajstić information content (AvgIpc) is 3.17. The molecule has 138 valence electrons. The van der Waals surface area contributed by atoms with Crippen LogP contribution in [0.1, 0.15) is 36.9 Å². The Labute approximate surface area is 154 Å². The van der Waals surface area contributed by atoms with Crippen LogP contribution in [0.5, 0.6) is 0 Å². The first-order valence-electron chi connectivity index (χ1n) is 9.56. The number of aromatic amines is 1. The molecule has 2 fully saturated rings. The molecule has 0 unspecified atom stereocenters. The number of nitrogens with zero attached hydrogens (tertiary/aromatic N) is 4. The van der Waals surface area contributed by atoms with Crippen LogP contribution in [0.2, 0.25) is 0 Å². The second kappa shape index (κ2) is 7.09. The number of carbonyl (C=O) groups excluding carboxylic acids is 1. The second-order valence-corrected chi connectivity index (χ2v) is 7.83. The molecule has 2 aliphatic rings. The predicted molar refractivity (Wildman–Crippen MR) is 101 cm³/mol. The van der Waals surface area contributed by atoms with Crippen LogP contribution in [0, 0.1) is 12.3 Å². The molecule has 2 aliphatic heterocycles. The van der Waals surface area contributed by atoms with Crippen molar-refractivity contribution in [3.8, 4) is 0 Å². The summed E-state index contributed by atoms with van der Waals surface area (Å²) in [5, 5.41) is 0. The van der Waals surface area contributed by atoms with Crippen LogP contribution in [0.25, 0.3) is 0 Å². The van der Waals surface area contributed by atoms with Crippen molar-refractivity contribution in [2.45, 2.75) is 39.0 Å². The minimum Gasteiger partial charge on any atom is -0.371 e. The molecule has 0 aliphatic carbocycles. The van der Waals surface area contributed by atoms with Gasteiger partial charge in [0.15, 0.2) is 0 Å². The van der Waals surface area contributed by atoms with Crippen LogP contribution in [0.4, 0.5) is 5.69 Å². The lowest BCUT2D eigenvalue weighted by Crippen LogP contribution is -2.54. The maximum atomic E-state index is 12.5. The highest BCUT2D eigenvalue weighted by Gasteiger charge is 2.41. The maximum Gasteiger partial charge on any atom is 0.222 e. The van der Waals surface area contributed by atoms with E-state index in [1.165, 1.54) is 24.1 Å². The van der Waals surface area contributed by atoms with Crippen molar-refractivity contribution < 1.29 is 4.79 Å². The Balaban J connectivity index is 1.46. The van der Waals surface area contributed by atoms with Gasteiger partial charge in [0.25, 0.3) is 0 Å². The molecule has 2 aromatic heterocycles. The highest BCUT2D eigenvalue weighted by atomic mass is 16.2. The lowest BCUT2D eigenvalue weighted by molar-refractivity contribution is -0.137. The highest BCUT2D eigenvalue weighted by molar-refractivity contribution is 5.77. The number of aryl methyl sites for hydroxylation is 1. The van der Waals surface area contributed by atoms with Gasteiger partial charge in [-0.1, -0.05) is 0 Å². The van der Waals surface area contributed by atoms with Crippen LogP contribution < -0.4 is 4.90 Å². The summed E-state index contributed by atoms with van der Waals surface area (Å²) in [6, 6.07) is 2.12. The standard InChI is InChI=1S/C20H27N5O/c1-16-11-21-8-4-18(16)24-9-2-6-20(13-24)7-3-19(26)25(14-20)10-5-17-12-22-15-23-17/h4,8,11-12,15H,2-3,5-7,9-10,13-14H2,1H3,(H,22,23)/t20-/m1/s1. The Kier molecular flexibility index (Phi) is 4.66. The lowest BCUT2D eigenvalue weighted by atomic mass is 9.73. The van der Waals surface area contributed by atoms with Crippen LogP contribution in [-0.4, -0.2) is 51.9 Å². The van der Waals surface area contributed by atoms with Gasteiger partial charge < -0.3 is 14.8 Å². The third-order valence-corrected chi connectivity index (χ3v) is 5.95. The summed E-state index contributed by atoms with van der Waals surface area (Å²) in [6.45, 7) is 5.91. The van der Waals surface area contributed by atoms with Crippen molar-refractivity contribution >= 4 is 11.6 Å². The van der Waals surface area contributed by atoms with Crippen molar-refractivity contribution in [2.75, 3.05) is 31.1 Å². The smallest absolute Gasteiger partial charge is 0.222 e. The van der Waals surface area contributed by atoms with Crippen molar-refractivity contribution in [1.29, 1.82) is 0 Å². The van der Waals surface area contributed by atoms with Crippen LogP contribution in [0.3, 0.4) is 0 Å². The zero-order chi connectivity index (χ0) is 18.0. The number of likely N-dealkylation sites (tertiary alicyclic amines) is 1. The number of hydrogen-bond acceptors (Lipinski definition) is 4. The molecule has 0 aromatic carbocycles. The minimum atomic E-state index is 0.218. The van der Waals surface area contributed by atoms with Gasteiger partial charge >= 0.3 is 0 Å². The molecule has 1 amide bonds. The van der Waals surface area contributed by atoms with Gasteiger partial charge in [0.05, 0.1) is 6.33 Å². The van der Waals surface area contributed by atoms with Crippen molar-refractivity contribution in [3.05, 3.63) is 42.2 Å². The Bertz CT molecular complexity index is 759. The molecule has 2 saturated heterocycles. The van der Waals surface area contributed by atoms with E-state index in [4.69, 9.17) is 0 Å². The number of rotatable bonds is 4. The van der Waals surface area contributed by atoms with Gasteiger partial charge in [-0.05, 0) is 37.8 Å². The number of hydrogen-bond donors (Lipinski definition) is 1. The molecule has 0 saturated carbocycles. The number of amides is 1. The summed E-state index contributed by atoms with van der Waals surface area (Å²) < 4.78 is 0. The Hall–Kier alpha value is -2.37. The third-order valence-electron chi connectivity index (χ3n) is 5.95. The van der Waals surface area contributed by atoms with Gasteiger partial charge in [0, 0.05) is 74.4 Å². The zero-order valence-electron chi connectivity index (χ0n) is 15.4. The van der Waals surface area contributed by atoms with Crippen LogP contribution >= 0.6 is 0 Å². The fourth-order valence-electron chi connectivity index (χ4n) is 4.55. The van der Waals surface area contributed by atoms with Gasteiger partial charge in [0.1, 0.15) is 0 Å². The SMILES string of the molecule is Cc1cnccc1N1CCC[C@@]2(CCC(=O)N(CCc3cnc[nH]3)C2)C1. The normalized spacial score (nSPS) is 23.7. The van der Waals surface area contributed by atoms with Gasteiger partial charge in [0.2, 0.25) is 5.91 Å². The summed E-state index contributed by atoms with van der Waals surface area (Å²) in [6.07, 6.45) is 12.3. The maximum absolute atomic E-state index is 12.5. The molecular weight excluding hydrogens is 326 g/mol. The molecule has 4 heterocycles. The number of pyridine rings is 1. The van der Waals surface area contributed by atoms with E-state index in [9.17, 15) is 4.79 Å². The highest BCUT2D eigenvalue weighted by Crippen LogP contribution is 2.40. The number of carbonyl (C=O) groups is 1. The molecule has 1 spiro atoms. The van der Waals surface area contributed by atoms with E-state index in [0.29, 0.717) is 12.3 Å². The molecule has 0 radical (unpaired) electrons. The largest absolute Gasteiger partial charge is 0.371 e. The quantitative estimate of drug-likeness (QED) is 0.917. The molecule has 6 nitrogen and oxygen atoms in total. The first-order chi connectivity index (χ1) is 12.7. The fraction of sp³-hybridized carbons (Fsp3) is 0.550. The number of H-pyrrole nitrogens is 1. The topological polar surface area (TPSA) is 65.1 Å². The molecule has 0 bridgehead atoms. The number of aromatic nitrogens is 3. The molecule has 1 atom stereocenters. The molecule has 1 N–H and O–H groups in total. The molecule has 6 heteroatoms. The summed E-state index contributed by atoms with van der Waals surface area (Å²) in [5.74, 6) is 0.298. The van der Waals surface area contributed by atoms with E-state index < -0.39 is 0 Å². The number of nitrogens with one attached hydrogen (secondary N) is 1. The molecule has 4 rings (SSSR count). The first-order valence-corrected chi connectivity index (χ1v) is 9.56. The predicted octanol–water partition coefficient (Wildman–Crippen LogP) is 2.56. The van der Waals surface area contributed by atoms with E-state index in [2.05, 4.69) is 37.7 Å². The van der Waals surface area contributed by atoms with E-state index in [-0.39, 0.29) is 5.41 Å². The van der Waals surface area contributed by atoms with Gasteiger partial charge in [-0.2, -0.15) is 0 Å². The van der Waals surface area contributed by atoms with Gasteiger partial charge in [-0.15, -0.1) is 0 Å². The molecular formula is C20H27N5O. The number of anilines is 1. The van der Waals surface area contributed by atoms with E-state index in [1.54, 1.807) is 6.33 Å². The monoisotopic (exact) mass is 353 g/mol. The van der Waals surface area contributed by atoms with Crippen molar-refractivity contribution in [2.24, 2.45) is 5.41 Å². The fourth-order valence-corrected chi connectivity index (χ4v) is 4.55. The Morgan fingerprint density at radius 2 is 2.15 bits per heavy atom. The Morgan fingerprint density at radius 1 is 1.23 bits per heavy atom. The summed E-state index contributed by atoms with van der Waals surface area (Å²) in [7, 11) is 0. The third kappa shape index (κ3) is 3.45. The van der Waals surface area contributed by atoms with Crippen LogP contribution in [-0.2, 0) is 11.2 Å². The molecule has 26 heavy (non-hydrogen) atoms. The molecule has 2 aromatic rings. The minimum absolute atomic E-state index is 0.218. The average molecular weight is 353 g/mol. The van der Waals surface area contributed by atoms with Gasteiger partial charge in [-0.3, -0.25) is 9.78 Å². The number of imidazole rings is 1. The van der Waals surface area contributed by atoms with Gasteiger partial charge in [-0.25, -0.2) is 4.98 Å². The van der Waals surface area contributed by atoms with Crippen LogP contribution in [0.15, 0.2) is 31.0 Å².